The van der Waals surface area contributed by atoms with Crippen LogP contribution in [0.3, 0.4) is 0 Å². The lowest BCUT2D eigenvalue weighted by atomic mass is 9.98. The Kier molecular flexibility index (Phi) is 3.05. The van der Waals surface area contributed by atoms with E-state index in [1.807, 2.05) is 0 Å². The molecule has 2 fully saturated rings. The summed E-state index contributed by atoms with van der Waals surface area (Å²) >= 11 is 0. The number of nitriles is 1. The summed E-state index contributed by atoms with van der Waals surface area (Å²) < 4.78 is 5.38. The highest BCUT2D eigenvalue weighted by Crippen LogP contribution is 2.27. The van der Waals surface area contributed by atoms with Gasteiger partial charge in [-0.05, 0) is 25.9 Å². The summed E-state index contributed by atoms with van der Waals surface area (Å²) in [6.45, 7) is 3.53. The van der Waals surface area contributed by atoms with Crippen LogP contribution in [-0.4, -0.2) is 36.7 Å². The standard InChI is InChI=1S/C11H18N2O/c12-9-11(5-8-14-10-11)13-6-3-1-2-4-7-13/h1-8,10H2. The molecule has 0 saturated carbocycles. The van der Waals surface area contributed by atoms with Gasteiger partial charge in [0.1, 0.15) is 5.54 Å². The predicted molar refractivity (Wildman–Crippen MR) is 53.8 cm³/mol. The fourth-order valence-corrected chi connectivity index (χ4v) is 2.46. The maximum absolute atomic E-state index is 9.29. The number of ether oxygens (including phenoxy) is 1. The second-order valence-corrected chi connectivity index (χ2v) is 4.35. The SMILES string of the molecule is N#CC1(N2CCCCCC2)CCOC1. The summed E-state index contributed by atoms with van der Waals surface area (Å²) in [6, 6.07) is 2.48. The van der Waals surface area contributed by atoms with E-state index in [-0.39, 0.29) is 5.54 Å². The zero-order valence-electron chi connectivity index (χ0n) is 8.67. The maximum Gasteiger partial charge on any atom is 0.134 e. The van der Waals surface area contributed by atoms with Crippen molar-refractivity contribution in [3.63, 3.8) is 0 Å². The molecule has 1 unspecified atom stereocenters. The van der Waals surface area contributed by atoms with Crippen molar-refractivity contribution in [1.29, 1.82) is 5.26 Å². The van der Waals surface area contributed by atoms with Crippen LogP contribution in [0.15, 0.2) is 0 Å². The third-order valence-electron chi connectivity index (χ3n) is 3.42. The number of rotatable bonds is 1. The molecule has 0 spiro atoms. The Balaban J connectivity index is 2.06. The molecular formula is C11H18N2O. The summed E-state index contributed by atoms with van der Waals surface area (Å²) in [4.78, 5) is 2.35. The normalized spacial score (nSPS) is 35.1. The third-order valence-corrected chi connectivity index (χ3v) is 3.42. The minimum Gasteiger partial charge on any atom is -0.378 e. The van der Waals surface area contributed by atoms with Crippen LogP contribution in [0.2, 0.25) is 0 Å². The fraction of sp³-hybridized carbons (Fsp3) is 0.909. The molecule has 0 aromatic rings. The highest BCUT2D eigenvalue weighted by atomic mass is 16.5. The smallest absolute Gasteiger partial charge is 0.134 e. The van der Waals surface area contributed by atoms with Crippen LogP contribution in [0.25, 0.3) is 0 Å². The maximum atomic E-state index is 9.29. The highest BCUT2D eigenvalue weighted by Gasteiger charge is 2.40. The number of nitrogens with zero attached hydrogens (tertiary/aromatic N) is 2. The van der Waals surface area contributed by atoms with E-state index in [0.717, 1.165) is 26.1 Å². The Morgan fingerprint density at radius 3 is 2.36 bits per heavy atom. The molecule has 0 aliphatic carbocycles. The van der Waals surface area contributed by atoms with Crippen LogP contribution in [0.5, 0.6) is 0 Å². The van der Waals surface area contributed by atoms with Crippen molar-refractivity contribution < 1.29 is 4.74 Å². The second-order valence-electron chi connectivity index (χ2n) is 4.35. The molecule has 3 heteroatoms. The van der Waals surface area contributed by atoms with Crippen LogP contribution >= 0.6 is 0 Å². The van der Waals surface area contributed by atoms with E-state index < -0.39 is 0 Å². The van der Waals surface area contributed by atoms with Crippen molar-refractivity contribution in [2.45, 2.75) is 37.6 Å². The Hall–Kier alpha value is -0.590. The summed E-state index contributed by atoms with van der Waals surface area (Å²) in [6.07, 6.45) is 6.01. The number of hydrogen-bond donors (Lipinski definition) is 0. The summed E-state index contributed by atoms with van der Waals surface area (Å²) in [5, 5.41) is 9.29. The van der Waals surface area contributed by atoms with Crippen LogP contribution < -0.4 is 0 Å². The first-order valence-corrected chi connectivity index (χ1v) is 5.61. The van der Waals surface area contributed by atoms with Gasteiger partial charge in [-0.1, -0.05) is 12.8 Å². The zero-order valence-corrected chi connectivity index (χ0v) is 8.67. The molecule has 0 bridgehead atoms. The Labute approximate surface area is 85.6 Å². The minimum atomic E-state index is -0.287. The first kappa shape index (κ1) is 9.95. The van der Waals surface area contributed by atoms with Gasteiger partial charge in [0, 0.05) is 13.0 Å². The number of hydrogen-bond acceptors (Lipinski definition) is 3. The zero-order chi connectivity index (χ0) is 9.86. The molecule has 0 aromatic carbocycles. The molecule has 78 valence electrons. The quantitative estimate of drug-likeness (QED) is 0.635. The van der Waals surface area contributed by atoms with E-state index in [2.05, 4.69) is 11.0 Å². The van der Waals surface area contributed by atoms with Crippen LogP contribution in [0.4, 0.5) is 0 Å². The molecule has 2 rings (SSSR count). The lowest BCUT2D eigenvalue weighted by Gasteiger charge is -2.33. The van der Waals surface area contributed by atoms with Crippen molar-refractivity contribution in [2.75, 3.05) is 26.3 Å². The molecule has 0 radical (unpaired) electrons. The lowest BCUT2D eigenvalue weighted by molar-refractivity contribution is 0.107. The third kappa shape index (κ3) is 1.77. The van der Waals surface area contributed by atoms with Gasteiger partial charge in [0.2, 0.25) is 0 Å². The Morgan fingerprint density at radius 1 is 1.14 bits per heavy atom. The van der Waals surface area contributed by atoms with Crippen molar-refractivity contribution in [2.24, 2.45) is 0 Å². The first-order chi connectivity index (χ1) is 6.87. The Bertz CT molecular complexity index is 220. The van der Waals surface area contributed by atoms with Crippen molar-refractivity contribution in [3.8, 4) is 6.07 Å². The van der Waals surface area contributed by atoms with E-state index in [0.29, 0.717) is 6.61 Å². The van der Waals surface area contributed by atoms with Crippen LogP contribution in [0.1, 0.15) is 32.1 Å². The fourth-order valence-electron chi connectivity index (χ4n) is 2.46. The van der Waals surface area contributed by atoms with E-state index >= 15 is 0 Å². The molecular weight excluding hydrogens is 176 g/mol. The van der Waals surface area contributed by atoms with E-state index in [9.17, 15) is 5.26 Å². The highest BCUT2D eigenvalue weighted by molar-refractivity contribution is 5.11. The molecule has 2 aliphatic heterocycles. The molecule has 0 amide bonds. The van der Waals surface area contributed by atoms with Gasteiger partial charge in [-0.3, -0.25) is 4.90 Å². The first-order valence-electron chi connectivity index (χ1n) is 5.61. The topological polar surface area (TPSA) is 36.3 Å². The Morgan fingerprint density at radius 2 is 1.86 bits per heavy atom. The summed E-state index contributed by atoms with van der Waals surface area (Å²) in [5.41, 5.74) is -0.287. The summed E-state index contributed by atoms with van der Waals surface area (Å²) in [5.74, 6) is 0. The average Bonchev–Trinajstić information content (AvgIpc) is 2.54. The van der Waals surface area contributed by atoms with Gasteiger partial charge in [-0.2, -0.15) is 5.26 Å². The van der Waals surface area contributed by atoms with Gasteiger partial charge in [-0.15, -0.1) is 0 Å². The average molecular weight is 194 g/mol. The lowest BCUT2D eigenvalue weighted by Crippen LogP contribution is -2.48. The molecule has 2 saturated heterocycles. The molecule has 0 N–H and O–H groups in total. The molecule has 2 heterocycles. The van der Waals surface area contributed by atoms with Crippen molar-refractivity contribution >= 4 is 0 Å². The van der Waals surface area contributed by atoms with Gasteiger partial charge in [-0.25, -0.2) is 0 Å². The van der Waals surface area contributed by atoms with Gasteiger partial charge in [0.25, 0.3) is 0 Å². The van der Waals surface area contributed by atoms with Gasteiger partial charge in [0.15, 0.2) is 0 Å². The van der Waals surface area contributed by atoms with E-state index in [1.54, 1.807) is 0 Å². The molecule has 0 aromatic heterocycles. The van der Waals surface area contributed by atoms with Gasteiger partial charge in [0.05, 0.1) is 12.7 Å². The van der Waals surface area contributed by atoms with Crippen LogP contribution in [0, 0.1) is 11.3 Å². The predicted octanol–water partition coefficient (Wildman–Crippen LogP) is 1.55. The number of likely N-dealkylation sites (tertiary alicyclic amines) is 1. The minimum absolute atomic E-state index is 0.287. The van der Waals surface area contributed by atoms with E-state index in [1.165, 1.54) is 25.7 Å². The second kappa shape index (κ2) is 4.29. The van der Waals surface area contributed by atoms with Crippen molar-refractivity contribution in [3.05, 3.63) is 0 Å². The largest absolute Gasteiger partial charge is 0.378 e. The van der Waals surface area contributed by atoms with Gasteiger partial charge < -0.3 is 4.74 Å². The molecule has 14 heavy (non-hydrogen) atoms. The molecule has 1 atom stereocenters. The van der Waals surface area contributed by atoms with Crippen LogP contribution in [-0.2, 0) is 4.74 Å². The molecule has 2 aliphatic rings. The van der Waals surface area contributed by atoms with Gasteiger partial charge >= 0.3 is 0 Å². The summed E-state index contributed by atoms with van der Waals surface area (Å²) in [7, 11) is 0. The van der Waals surface area contributed by atoms with Crippen molar-refractivity contribution in [1.82, 2.24) is 4.90 Å². The van der Waals surface area contributed by atoms with E-state index in [4.69, 9.17) is 4.74 Å². The monoisotopic (exact) mass is 194 g/mol. The molecule has 3 nitrogen and oxygen atoms in total.